The van der Waals surface area contributed by atoms with Crippen LogP contribution < -0.4 is 5.32 Å². The highest BCUT2D eigenvalue weighted by molar-refractivity contribution is 9.11. The van der Waals surface area contributed by atoms with E-state index in [0.717, 1.165) is 31.9 Å². The first-order valence-electron chi connectivity index (χ1n) is 6.66. The average molecular weight is 480 g/mol. The summed E-state index contributed by atoms with van der Waals surface area (Å²) in [5.74, 6) is -0.218. The van der Waals surface area contributed by atoms with E-state index in [-0.39, 0.29) is 11.9 Å². The highest BCUT2D eigenvalue weighted by Gasteiger charge is 2.20. The van der Waals surface area contributed by atoms with Gasteiger partial charge in [-0.3, -0.25) is 0 Å². The van der Waals surface area contributed by atoms with Crippen molar-refractivity contribution in [3.8, 4) is 0 Å². The summed E-state index contributed by atoms with van der Waals surface area (Å²) in [7, 11) is 0. The van der Waals surface area contributed by atoms with Crippen molar-refractivity contribution >= 4 is 47.8 Å². The van der Waals surface area contributed by atoms with Crippen LogP contribution in [0.25, 0.3) is 0 Å². The third-order valence-corrected chi connectivity index (χ3v) is 4.85. The molecule has 1 atom stereocenters. The third kappa shape index (κ3) is 4.38. The number of benzene rings is 2. The third-order valence-electron chi connectivity index (χ3n) is 3.14. The molecule has 0 heterocycles. The molecule has 112 valence electrons. The van der Waals surface area contributed by atoms with Gasteiger partial charge in [0.1, 0.15) is 5.82 Å². The molecule has 0 radical (unpaired) electrons. The molecule has 2 rings (SSSR count). The van der Waals surface area contributed by atoms with E-state index in [4.69, 9.17) is 0 Å². The molecule has 2 aromatic rings. The normalized spacial score (nSPS) is 12.4. The minimum Gasteiger partial charge on any atom is -0.306 e. The van der Waals surface area contributed by atoms with Crippen LogP contribution in [-0.4, -0.2) is 6.54 Å². The van der Waals surface area contributed by atoms with Crippen LogP contribution in [0, 0.1) is 5.82 Å². The summed E-state index contributed by atoms with van der Waals surface area (Å²) in [6, 6.07) is 10.9. The Hall–Kier alpha value is -0.230. The topological polar surface area (TPSA) is 12.0 Å². The summed E-state index contributed by atoms with van der Waals surface area (Å²) in [5.41, 5.74) is 1.66. The van der Waals surface area contributed by atoms with Crippen molar-refractivity contribution in [1.82, 2.24) is 5.32 Å². The monoisotopic (exact) mass is 477 g/mol. The lowest BCUT2D eigenvalue weighted by molar-refractivity contribution is 0.545. The first-order valence-corrected chi connectivity index (χ1v) is 9.04. The standard InChI is InChI=1S/C16H15Br3FN/c1-2-7-21-16(12-5-3-11(18)9-15(12)20)13-8-10(17)4-6-14(13)19/h3-6,8-9,16,21H,2,7H2,1H3. The fourth-order valence-corrected chi connectivity index (χ4v) is 3.34. The maximum absolute atomic E-state index is 14.3. The Morgan fingerprint density at radius 3 is 2.33 bits per heavy atom. The van der Waals surface area contributed by atoms with Crippen LogP contribution in [0.3, 0.4) is 0 Å². The predicted molar refractivity (Wildman–Crippen MR) is 96.1 cm³/mol. The first kappa shape index (κ1) is 17.1. The van der Waals surface area contributed by atoms with E-state index < -0.39 is 0 Å². The summed E-state index contributed by atoms with van der Waals surface area (Å²) in [4.78, 5) is 0. The molecule has 1 N–H and O–H groups in total. The molecule has 0 saturated heterocycles. The van der Waals surface area contributed by atoms with Gasteiger partial charge >= 0.3 is 0 Å². The molecule has 1 unspecified atom stereocenters. The van der Waals surface area contributed by atoms with Gasteiger partial charge in [0.25, 0.3) is 0 Å². The zero-order valence-electron chi connectivity index (χ0n) is 11.5. The lowest BCUT2D eigenvalue weighted by Gasteiger charge is -2.22. The molecule has 0 amide bonds. The SMILES string of the molecule is CCCNC(c1ccc(Br)cc1F)c1cc(Br)ccc1Br. The second kappa shape index (κ2) is 7.86. The second-order valence-electron chi connectivity index (χ2n) is 4.72. The van der Waals surface area contributed by atoms with Crippen molar-refractivity contribution < 1.29 is 4.39 Å². The van der Waals surface area contributed by atoms with Gasteiger partial charge in [-0.1, -0.05) is 60.8 Å². The van der Waals surface area contributed by atoms with Gasteiger partial charge in [-0.15, -0.1) is 0 Å². The molecule has 0 bridgehead atoms. The average Bonchev–Trinajstić information content (AvgIpc) is 2.44. The van der Waals surface area contributed by atoms with E-state index in [1.807, 2.05) is 30.3 Å². The van der Waals surface area contributed by atoms with Gasteiger partial charge in [0.2, 0.25) is 0 Å². The van der Waals surface area contributed by atoms with Gasteiger partial charge in [-0.05, 0) is 48.9 Å². The van der Waals surface area contributed by atoms with Crippen LogP contribution in [0.15, 0.2) is 49.8 Å². The molecule has 0 saturated carbocycles. The fourth-order valence-electron chi connectivity index (χ4n) is 2.15. The fraction of sp³-hybridized carbons (Fsp3) is 0.250. The van der Waals surface area contributed by atoms with Crippen LogP contribution in [0.1, 0.15) is 30.5 Å². The van der Waals surface area contributed by atoms with Gasteiger partial charge in [0, 0.05) is 19.0 Å². The zero-order valence-corrected chi connectivity index (χ0v) is 16.2. The Kier molecular flexibility index (Phi) is 6.41. The highest BCUT2D eigenvalue weighted by atomic mass is 79.9. The van der Waals surface area contributed by atoms with E-state index in [2.05, 4.69) is 60.0 Å². The quantitative estimate of drug-likeness (QED) is 0.538. The van der Waals surface area contributed by atoms with Gasteiger partial charge in [-0.2, -0.15) is 0 Å². The number of rotatable bonds is 5. The molecule has 0 aliphatic rings. The second-order valence-corrected chi connectivity index (χ2v) is 7.40. The van der Waals surface area contributed by atoms with Crippen molar-refractivity contribution in [2.45, 2.75) is 19.4 Å². The van der Waals surface area contributed by atoms with Crippen LogP contribution in [0.4, 0.5) is 4.39 Å². The molecular formula is C16H15Br3FN. The molecule has 0 spiro atoms. The Balaban J connectivity index is 2.49. The van der Waals surface area contributed by atoms with E-state index in [1.54, 1.807) is 0 Å². The molecule has 1 nitrogen and oxygen atoms in total. The van der Waals surface area contributed by atoms with Crippen LogP contribution in [-0.2, 0) is 0 Å². The van der Waals surface area contributed by atoms with Gasteiger partial charge in [0.05, 0.1) is 6.04 Å². The smallest absolute Gasteiger partial charge is 0.129 e. The molecule has 0 aliphatic carbocycles. The Morgan fingerprint density at radius 1 is 1.00 bits per heavy atom. The Bertz CT molecular complexity index is 631. The molecule has 2 aromatic carbocycles. The molecule has 0 aromatic heterocycles. The maximum atomic E-state index is 14.3. The molecule has 5 heteroatoms. The van der Waals surface area contributed by atoms with Crippen molar-refractivity contribution in [2.24, 2.45) is 0 Å². The van der Waals surface area contributed by atoms with Crippen molar-refractivity contribution in [3.63, 3.8) is 0 Å². The number of hydrogen-bond donors (Lipinski definition) is 1. The number of hydrogen-bond acceptors (Lipinski definition) is 1. The van der Waals surface area contributed by atoms with Crippen LogP contribution in [0.5, 0.6) is 0 Å². The van der Waals surface area contributed by atoms with Gasteiger partial charge < -0.3 is 5.32 Å². The van der Waals surface area contributed by atoms with Gasteiger partial charge in [0.15, 0.2) is 0 Å². The minimum absolute atomic E-state index is 0.190. The van der Waals surface area contributed by atoms with Gasteiger partial charge in [-0.25, -0.2) is 4.39 Å². The summed E-state index contributed by atoms with van der Waals surface area (Å²) < 4.78 is 17.0. The van der Waals surface area contributed by atoms with Crippen molar-refractivity contribution in [3.05, 3.63) is 66.8 Å². The minimum atomic E-state index is -0.218. The van der Waals surface area contributed by atoms with Crippen molar-refractivity contribution in [1.29, 1.82) is 0 Å². The molecule has 0 aliphatic heterocycles. The van der Waals surface area contributed by atoms with E-state index >= 15 is 0 Å². The van der Waals surface area contributed by atoms with E-state index in [9.17, 15) is 4.39 Å². The maximum Gasteiger partial charge on any atom is 0.129 e. The van der Waals surface area contributed by atoms with E-state index in [1.165, 1.54) is 6.07 Å². The van der Waals surface area contributed by atoms with Crippen LogP contribution in [0.2, 0.25) is 0 Å². The summed E-state index contributed by atoms with van der Waals surface area (Å²) in [5, 5.41) is 3.42. The number of nitrogens with one attached hydrogen (secondary N) is 1. The lowest BCUT2D eigenvalue weighted by atomic mass is 9.98. The van der Waals surface area contributed by atoms with Crippen molar-refractivity contribution in [2.75, 3.05) is 6.54 Å². The highest BCUT2D eigenvalue weighted by Crippen LogP contribution is 2.33. The lowest BCUT2D eigenvalue weighted by Crippen LogP contribution is -2.24. The first-order chi connectivity index (χ1) is 10.0. The number of halogens is 4. The Labute approximate surface area is 149 Å². The van der Waals surface area contributed by atoms with E-state index in [0.29, 0.717) is 5.56 Å². The largest absolute Gasteiger partial charge is 0.306 e. The summed E-state index contributed by atoms with van der Waals surface area (Å²) in [6.07, 6.45) is 0.986. The molecular weight excluding hydrogens is 465 g/mol. The zero-order chi connectivity index (χ0) is 15.4. The summed E-state index contributed by atoms with van der Waals surface area (Å²) >= 11 is 10.4. The molecule has 21 heavy (non-hydrogen) atoms. The predicted octanol–water partition coefficient (Wildman–Crippen LogP) is 6.20. The molecule has 0 fully saturated rings. The Morgan fingerprint density at radius 2 is 1.67 bits per heavy atom. The summed E-state index contributed by atoms with van der Waals surface area (Å²) in [6.45, 7) is 2.91. The van der Waals surface area contributed by atoms with Crippen LogP contribution >= 0.6 is 47.8 Å².